The molecule has 0 saturated carbocycles. The number of fused-ring (bicyclic) bond motifs is 1. The van der Waals surface area contributed by atoms with Gasteiger partial charge in [-0.25, -0.2) is 4.79 Å². The number of aryl methyl sites for hydroxylation is 1. The second-order valence-corrected chi connectivity index (χ2v) is 7.25. The van der Waals surface area contributed by atoms with Crippen molar-refractivity contribution >= 4 is 16.9 Å². The Bertz CT molecular complexity index is 1180. The second-order valence-electron chi connectivity index (χ2n) is 7.25. The number of aromatic nitrogens is 3. The van der Waals surface area contributed by atoms with Gasteiger partial charge in [0.15, 0.2) is 0 Å². The highest BCUT2D eigenvalue weighted by molar-refractivity contribution is 5.89. The molecule has 1 aromatic carbocycles. The van der Waals surface area contributed by atoms with E-state index in [1.165, 1.54) is 4.57 Å². The Labute approximate surface area is 161 Å². The first kappa shape index (κ1) is 18.1. The quantitative estimate of drug-likeness (QED) is 0.702. The molecule has 1 unspecified atom stereocenters. The van der Waals surface area contributed by atoms with Gasteiger partial charge in [-0.15, -0.1) is 0 Å². The maximum absolute atomic E-state index is 12.7. The van der Waals surface area contributed by atoms with Crippen molar-refractivity contribution in [1.29, 1.82) is 5.26 Å². The molecule has 8 nitrogen and oxygen atoms in total. The number of nitrogens with zero attached hydrogens (tertiary/aromatic N) is 4. The van der Waals surface area contributed by atoms with Crippen LogP contribution in [0.25, 0.3) is 11.0 Å². The van der Waals surface area contributed by atoms with Crippen molar-refractivity contribution in [2.24, 2.45) is 12.8 Å². The lowest BCUT2D eigenvalue weighted by molar-refractivity contribution is 0.498. The summed E-state index contributed by atoms with van der Waals surface area (Å²) in [6.07, 6.45) is 1.84. The fourth-order valence-corrected chi connectivity index (χ4v) is 4.05. The van der Waals surface area contributed by atoms with Gasteiger partial charge in [0.25, 0.3) is 5.56 Å². The molecule has 0 bridgehead atoms. The van der Waals surface area contributed by atoms with Gasteiger partial charge in [-0.3, -0.25) is 14.3 Å². The summed E-state index contributed by atoms with van der Waals surface area (Å²) in [6, 6.07) is 12.0. The fraction of sp³-hybridized carbons (Fsp3) is 0.350. The third kappa shape index (κ3) is 2.90. The van der Waals surface area contributed by atoms with Crippen LogP contribution in [-0.2, 0) is 13.6 Å². The number of rotatable bonds is 3. The minimum atomic E-state index is -0.534. The standard InChI is InChI=1S/C20H22N6O2/c1-24-16-15(10-21)19(25-9-5-8-14(22)12-25)26(11-13-6-3-2-4-7-13)17(16)18(27)23-20(24)28/h2-4,6-7,14H,5,8-9,11-12,22H2,1H3,(H,23,27,28). The molecule has 0 amide bonds. The van der Waals surface area contributed by atoms with Crippen molar-refractivity contribution in [3.8, 4) is 6.07 Å². The van der Waals surface area contributed by atoms with Crippen LogP contribution in [-0.4, -0.2) is 33.2 Å². The lowest BCUT2D eigenvalue weighted by Gasteiger charge is -2.33. The predicted octanol–water partition coefficient (Wildman–Crippen LogP) is 0.876. The summed E-state index contributed by atoms with van der Waals surface area (Å²) < 4.78 is 3.18. The zero-order valence-electron chi connectivity index (χ0n) is 15.7. The molecule has 1 aliphatic rings. The summed E-state index contributed by atoms with van der Waals surface area (Å²) in [4.78, 5) is 29.4. The molecule has 144 valence electrons. The highest BCUT2D eigenvalue weighted by Crippen LogP contribution is 2.32. The van der Waals surface area contributed by atoms with E-state index in [1.807, 2.05) is 34.9 Å². The molecule has 0 radical (unpaired) electrons. The largest absolute Gasteiger partial charge is 0.355 e. The number of anilines is 1. The fourth-order valence-electron chi connectivity index (χ4n) is 4.05. The second kappa shape index (κ2) is 7.02. The van der Waals surface area contributed by atoms with Gasteiger partial charge in [0, 0.05) is 32.7 Å². The number of benzene rings is 1. The highest BCUT2D eigenvalue weighted by Gasteiger charge is 2.28. The molecule has 1 saturated heterocycles. The van der Waals surface area contributed by atoms with Crippen molar-refractivity contribution in [3.63, 3.8) is 0 Å². The SMILES string of the molecule is Cn1c(=O)[nH]c(=O)c2c1c(C#N)c(N1CCCC(N)C1)n2Cc1ccccc1. The lowest BCUT2D eigenvalue weighted by atomic mass is 10.1. The summed E-state index contributed by atoms with van der Waals surface area (Å²) in [5.41, 5.74) is 7.19. The molecule has 0 spiro atoms. The van der Waals surface area contributed by atoms with E-state index < -0.39 is 11.2 Å². The number of aromatic amines is 1. The van der Waals surface area contributed by atoms with E-state index in [0.717, 1.165) is 24.9 Å². The zero-order valence-corrected chi connectivity index (χ0v) is 15.7. The monoisotopic (exact) mass is 378 g/mol. The third-order valence-electron chi connectivity index (χ3n) is 5.34. The van der Waals surface area contributed by atoms with Gasteiger partial charge in [-0.05, 0) is 18.4 Å². The number of piperidine rings is 1. The summed E-state index contributed by atoms with van der Waals surface area (Å²) in [6.45, 7) is 1.77. The third-order valence-corrected chi connectivity index (χ3v) is 5.34. The van der Waals surface area contributed by atoms with Gasteiger partial charge in [0.2, 0.25) is 0 Å². The average Bonchev–Trinajstić information content (AvgIpc) is 3.01. The summed E-state index contributed by atoms with van der Waals surface area (Å²) >= 11 is 0. The zero-order chi connectivity index (χ0) is 19.8. The maximum Gasteiger partial charge on any atom is 0.328 e. The molecular weight excluding hydrogens is 356 g/mol. The van der Waals surface area contributed by atoms with Crippen LogP contribution < -0.4 is 21.9 Å². The topological polar surface area (TPSA) is 113 Å². The van der Waals surface area contributed by atoms with Gasteiger partial charge in [0.1, 0.15) is 23.0 Å². The molecule has 2 aromatic heterocycles. The molecule has 3 N–H and O–H groups in total. The van der Waals surface area contributed by atoms with Gasteiger partial charge in [-0.2, -0.15) is 5.26 Å². The summed E-state index contributed by atoms with van der Waals surface area (Å²) in [5, 5.41) is 9.95. The predicted molar refractivity (Wildman–Crippen MR) is 107 cm³/mol. The lowest BCUT2D eigenvalue weighted by Crippen LogP contribution is -2.44. The molecule has 4 rings (SSSR count). The van der Waals surface area contributed by atoms with Crippen LogP contribution in [0.2, 0.25) is 0 Å². The molecule has 1 fully saturated rings. The minimum Gasteiger partial charge on any atom is -0.355 e. The van der Waals surface area contributed by atoms with Gasteiger partial charge >= 0.3 is 5.69 Å². The molecule has 1 aliphatic heterocycles. The van der Waals surface area contributed by atoms with Crippen LogP contribution in [0.3, 0.4) is 0 Å². The summed E-state index contributed by atoms with van der Waals surface area (Å²) in [7, 11) is 1.57. The first-order valence-corrected chi connectivity index (χ1v) is 9.31. The van der Waals surface area contributed by atoms with Gasteiger partial charge < -0.3 is 15.2 Å². The number of hydrogen-bond acceptors (Lipinski definition) is 5. The Kier molecular flexibility index (Phi) is 4.53. The van der Waals surface area contributed by atoms with Crippen molar-refractivity contribution in [2.45, 2.75) is 25.4 Å². The molecule has 8 heteroatoms. The summed E-state index contributed by atoms with van der Waals surface area (Å²) in [5.74, 6) is 0.656. The average molecular weight is 378 g/mol. The number of hydrogen-bond donors (Lipinski definition) is 2. The van der Waals surface area contributed by atoms with Crippen molar-refractivity contribution in [3.05, 3.63) is 62.3 Å². The number of nitrogens with one attached hydrogen (secondary N) is 1. The maximum atomic E-state index is 12.7. The van der Waals surface area contributed by atoms with Crippen LogP contribution in [0.1, 0.15) is 24.0 Å². The Morgan fingerprint density at radius 1 is 1.25 bits per heavy atom. The Morgan fingerprint density at radius 3 is 2.68 bits per heavy atom. The number of nitriles is 1. The van der Waals surface area contributed by atoms with Crippen LogP contribution in [0.4, 0.5) is 5.82 Å². The van der Waals surface area contributed by atoms with Gasteiger partial charge in [0.05, 0.1) is 5.52 Å². The van der Waals surface area contributed by atoms with Gasteiger partial charge in [-0.1, -0.05) is 30.3 Å². The van der Waals surface area contributed by atoms with Crippen LogP contribution in [0.5, 0.6) is 0 Å². The first-order valence-electron chi connectivity index (χ1n) is 9.31. The van der Waals surface area contributed by atoms with Crippen LogP contribution in [0, 0.1) is 11.3 Å². The van der Waals surface area contributed by atoms with E-state index in [4.69, 9.17) is 5.73 Å². The van der Waals surface area contributed by atoms with E-state index in [-0.39, 0.29) is 6.04 Å². The van der Waals surface area contributed by atoms with Crippen molar-refractivity contribution < 1.29 is 0 Å². The Balaban J connectivity index is 2.05. The molecule has 3 heterocycles. The van der Waals surface area contributed by atoms with Crippen LogP contribution in [0.15, 0.2) is 39.9 Å². The molecule has 3 aromatic rings. The highest BCUT2D eigenvalue weighted by atomic mass is 16.2. The normalized spacial score (nSPS) is 17.0. The molecule has 28 heavy (non-hydrogen) atoms. The van der Waals surface area contributed by atoms with Crippen LogP contribution >= 0.6 is 0 Å². The Hall–Kier alpha value is -3.31. The minimum absolute atomic E-state index is 0.00517. The van der Waals surface area contributed by atoms with Crippen molar-refractivity contribution in [1.82, 2.24) is 14.1 Å². The molecule has 0 aliphatic carbocycles. The smallest absolute Gasteiger partial charge is 0.328 e. The molecule has 1 atom stereocenters. The van der Waals surface area contributed by atoms with E-state index in [9.17, 15) is 14.9 Å². The first-order chi connectivity index (χ1) is 13.5. The van der Waals surface area contributed by atoms with Crippen molar-refractivity contribution in [2.75, 3.05) is 18.0 Å². The van der Waals surface area contributed by atoms with E-state index in [1.54, 1.807) is 7.05 Å². The number of nitrogens with two attached hydrogens (primary N) is 1. The van der Waals surface area contributed by atoms with E-state index >= 15 is 0 Å². The van der Waals surface area contributed by atoms with E-state index in [2.05, 4.69) is 16.0 Å². The Morgan fingerprint density at radius 2 is 2.00 bits per heavy atom. The number of H-pyrrole nitrogens is 1. The molecular formula is C20H22N6O2. The van der Waals surface area contributed by atoms with E-state index in [0.29, 0.717) is 35.5 Å².